The van der Waals surface area contributed by atoms with E-state index in [-0.39, 0.29) is 34.6 Å². The number of aromatic nitrogens is 2. The Bertz CT molecular complexity index is 1190. The largest absolute Gasteiger partial charge is 0.478 e. The van der Waals surface area contributed by atoms with E-state index >= 15 is 4.39 Å². The molecule has 1 heterocycles. The van der Waals surface area contributed by atoms with E-state index in [0.717, 1.165) is 16.3 Å². The van der Waals surface area contributed by atoms with Crippen molar-refractivity contribution in [3.05, 3.63) is 52.0 Å². The van der Waals surface area contributed by atoms with E-state index in [2.05, 4.69) is 26.2 Å². The van der Waals surface area contributed by atoms with Crippen molar-refractivity contribution >= 4 is 54.1 Å². The van der Waals surface area contributed by atoms with Crippen LogP contribution in [0.25, 0.3) is 11.0 Å². The molecule has 0 saturated carbocycles. The minimum atomic E-state index is -3.24. The summed E-state index contributed by atoms with van der Waals surface area (Å²) in [6.45, 7) is 1.86. The maximum atomic E-state index is 15.1. The summed E-state index contributed by atoms with van der Waals surface area (Å²) < 4.78 is 40.2. The van der Waals surface area contributed by atoms with Gasteiger partial charge in [-0.1, -0.05) is 15.9 Å². The van der Waals surface area contributed by atoms with Gasteiger partial charge in [0.05, 0.1) is 28.8 Å². The van der Waals surface area contributed by atoms with Crippen molar-refractivity contribution in [1.29, 1.82) is 0 Å². The van der Waals surface area contributed by atoms with E-state index in [9.17, 15) is 18.3 Å². The minimum absolute atomic E-state index is 0.0317. The van der Waals surface area contributed by atoms with Crippen molar-refractivity contribution in [1.82, 2.24) is 9.55 Å². The summed E-state index contributed by atoms with van der Waals surface area (Å²) in [6.07, 6.45) is 2.40. The van der Waals surface area contributed by atoms with Crippen LogP contribution in [-0.4, -0.2) is 41.1 Å². The number of fused-ring (bicyclic) bond motifs is 1. The topological polar surface area (TPSA) is 101 Å². The quantitative estimate of drug-likeness (QED) is 0.570. The van der Waals surface area contributed by atoms with Crippen molar-refractivity contribution in [3.8, 4) is 0 Å². The number of benzene rings is 2. The first kappa shape index (κ1) is 20.3. The molecule has 148 valence electrons. The maximum absolute atomic E-state index is 15.1. The number of aromatic carboxylic acids is 1. The summed E-state index contributed by atoms with van der Waals surface area (Å²) in [5.74, 6) is -2.29. The number of imidazole rings is 1. The van der Waals surface area contributed by atoms with Crippen LogP contribution in [0, 0.1) is 12.7 Å². The van der Waals surface area contributed by atoms with Gasteiger partial charge in [0.2, 0.25) is 0 Å². The minimum Gasteiger partial charge on any atom is -0.478 e. The van der Waals surface area contributed by atoms with Crippen molar-refractivity contribution in [2.75, 3.05) is 17.3 Å². The fraction of sp³-hybridized carbons (Fsp3) is 0.222. The molecular formula is C18H17BrFN3O4S. The highest BCUT2D eigenvalue weighted by Gasteiger charge is 2.22. The number of hydrogen-bond donors (Lipinski definition) is 2. The molecule has 7 nitrogen and oxygen atoms in total. The summed E-state index contributed by atoms with van der Waals surface area (Å²) in [6, 6.07) is 6.58. The van der Waals surface area contributed by atoms with E-state index in [1.54, 1.807) is 12.1 Å². The maximum Gasteiger partial charge on any atom is 0.338 e. The lowest BCUT2D eigenvalue weighted by atomic mass is 10.1. The van der Waals surface area contributed by atoms with Gasteiger partial charge < -0.3 is 15.0 Å². The van der Waals surface area contributed by atoms with E-state index in [4.69, 9.17) is 0 Å². The SMILES string of the molecule is Cc1cc(Br)ccc1Nc1c(C(=O)O)cc2c(ncn2CCS(C)(=O)=O)c1F. The van der Waals surface area contributed by atoms with Gasteiger partial charge in [0.1, 0.15) is 15.4 Å². The lowest BCUT2D eigenvalue weighted by Gasteiger charge is -2.14. The van der Waals surface area contributed by atoms with Gasteiger partial charge >= 0.3 is 5.97 Å². The fourth-order valence-electron chi connectivity index (χ4n) is 2.79. The van der Waals surface area contributed by atoms with E-state index in [0.29, 0.717) is 5.69 Å². The first-order valence-electron chi connectivity index (χ1n) is 8.18. The van der Waals surface area contributed by atoms with Crippen LogP contribution >= 0.6 is 15.9 Å². The highest BCUT2D eigenvalue weighted by molar-refractivity contribution is 9.10. The molecule has 28 heavy (non-hydrogen) atoms. The Morgan fingerprint density at radius 3 is 2.68 bits per heavy atom. The van der Waals surface area contributed by atoms with Gasteiger partial charge in [0.25, 0.3) is 0 Å². The molecule has 0 amide bonds. The highest BCUT2D eigenvalue weighted by atomic mass is 79.9. The standard InChI is InChI=1S/C18H17BrFN3O4S/c1-10-7-11(19)3-4-13(10)22-16-12(18(24)25)8-14-17(15(16)20)21-9-23(14)5-6-28(2,26)27/h3-4,7-9,22H,5-6H2,1-2H3,(H,24,25). The van der Waals surface area contributed by atoms with Crippen molar-refractivity contribution in [2.45, 2.75) is 13.5 Å². The average Bonchev–Trinajstić information content (AvgIpc) is 2.99. The summed E-state index contributed by atoms with van der Waals surface area (Å²) >= 11 is 3.35. The number of aryl methyl sites for hydroxylation is 2. The first-order valence-corrected chi connectivity index (χ1v) is 11.0. The Hall–Kier alpha value is -2.46. The van der Waals surface area contributed by atoms with E-state index < -0.39 is 21.6 Å². The highest BCUT2D eigenvalue weighted by Crippen LogP contribution is 2.32. The zero-order valence-corrected chi connectivity index (χ0v) is 17.4. The number of carboxylic acid groups (broad SMARTS) is 1. The van der Waals surface area contributed by atoms with Crippen LogP contribution in [0.15, 0.2) is 35.1 Å². The average molecular weight is 470 g/mol. The molecule has 0 bridgehead atoms. The fourth-order valence-corrected chi connectivity index (χ4v) is 3.80. The number of carbonyl (C=O) groups is 1. The summed E-state index contributed by atoms with van der Waals surface area (Å²) in [4.78, 5) is 15.8. The molecule has 0 aliphatic carbocycles. The molecule has 0 spiro atoms. The monoisotopic (exact) mass is 469 g/mol. The summed E-state index contributed by atoms with van der Waals surface area (Å²) in [7, 11) is -3.24. The number of carboxylic acids is 1. The molecule has 0 aliphatic heterocycles. The number of anilines is 2. The molecule has 2 aromatic carbocycles. The number of halogens is 2. The lowest BCUT2D eigenvalue weighted by Crippen LogP contribution is -2.11. The second-order valence-corrected chi connectivity index (χ2v) is 9.61. The van der Waals surface area contributed by atoms with Gasteiger partial charge in [-0.25, -0.2) is 22.6 Å². The predicted molar refractivity (Wildman–Crippen MR) is 109 cm³/mol. The van der Waals surface area contributed by atoms with E-state index in [1.807, 2.05) is 13.0 Å². The van der Waals surface area contributed by atoms with Crippen LogP contribution in [0.4, 0.5) is 15.8 Å². The molecule has 3 rings (SSSR count). The molecule has 3 aromatic rings. The zero-order chi connectivity index (χ0) is 20.6. The van der Waals surface area contributed by atoms with Crippen LogP contribution in [0.3, 0.4) is 0 Å². The van der Waals surface area contributed by atoms with E-state index in [1.165, 1.54) is 17.0 Å². The van der Waals surface area contributed by atoms with Crippen LogP contribution in [0.1, 0.15) is 15.9 Å². The van der Waals surface area contributed by atoms with Gasteiger partial charge in [-0.05, 0) is 36.8 Å². The molecule has 0 saturated heterocycles. The molecule has 0 atom stereocenters. The van der Waals surface area contributed by atoms with Crippen molar-refractivity contribution in [3.63, 3.8) is 0 Å². The third-order valence-electron chi connectivity index (χ3n) is 4.24. The Kier molecular flexibility index (Phi) is 5.44. The van der Waals surface area contributed by atoms with Crippen LogP contribution < -0.4 is 5.32 Å². The molecule has 0 fully saturated rings. The van der Waals surface area contributed by atoms with Gasteiger partial charge in [-0.15, -0.1) is 0 Å². The van der Waals surface area contributed by atoms with Crippen molar-refractivity contribution in [2.24, 2.45) is 0 Å². The smallest absolute Gasteiger partial charge is 0.338 e. The molecule has 2 N–H and O–H groups in total. The van der Waals surface area contributed by atoms with Gasteiger partial charge in [-0.3, -0.25) is 0 Å². The molecule has 10 heteroatoms. The van der Waals surface area contributed by atoms with Gasteiger partial charge in [0.15, 0.2) is 5.82 Å². The number of sulfone groups is 1. The second kappa shape index (κ2) is 7.51. The third kappa shape index (κ3) is 4.17. The van der Waals surface area contributed by atoms with Crippen molar-refractivity contribution < 1.29 is 22.7 Å². The second-order valence-electron chi connectivity index (χ2n) is 6.44. The Morgan fingerprint density at radius 2 is 2.07 bits per heavy atom. The summed E-state index contributed by atoms with van der Waals surface area (Å²) in [5, 5.41) is 12.4. The molecule has 0 radical (unpaired) electrons. The molecular weight excluding hydrogens is 453 g/mol. The number of rotatable bonds is 6. The zero-order valence-electron chi connectivity index (χ0n) is 15.0. The Balaban J connectivity index is 2.11. The normalized spacial score (nSPS) is 11.7. The van der Waals surface area contributed by atoms with Crippen LogP contribution in [0.5, 0.6) is 0 Å². The number of nitrogens with zero attached hydrogens (tertiary/aromatic N) is 2. The van der Waals surface area contributed by atoms with Crippen LogP contribution in [0.2, 0.25) is 0 Å². The molecule has 0 unspecified atom stereocenters. The third-order valence-corrected chi connectivity index (χ3v) is 5.65. The molecule has 0 aliphatic rings. The first-order chi connectivity index (χ1) is 13.1. The Labute approximate surface area is 169 Å². The number of nitrogens with one attached hydrogen (secondary N) is 1. The van der Waals surface area contributed by atoms with Gasteiger partial charge in [0, 0.05) is 23.0 Å². The lowest BCUT2D eigenvalue weighted by molar-refractivity contribution is 0.0697. The Morgan fingerprint density at radius 1 is 1.36 bits per heavy atom. The predicted octanol–water partition coefficient (Wildman–Crippen LogP) is 3.73. The van der Waals surface area contributed by atoms with Gasteiger partial charge in [-0.2, -0.15) is 0 Å². The summed E-state index contributed by atoms with van der Waals surface area (Å²) in [5.41, 5.74) is 1.07. The molecule has 1 aromatic heterocycles. The van der Waals surface area contributed by atoms with Crippen LogP contribution in [-0.2, 0) is 16.4 Å². The number of hydrogen-bond acceptors (Lipinski definition) is 5.